The van der Waals surface area contributed by atoms with Crippen molar-refractivity contribution in [1.29, 1.82) is 0 Å². The minimum absolute atomic E-state index is 0.132. The van der Waals surface area contributed by atoms with Crippen LogP contribution in [0.15, 0.2) is 15.7 Å². The molecule has 0 saturated carbocycles. The summed E-state index contributed by atoms with van der Waals surface area (Å²) in [6.45, 7) is 10.6. The Morgan fingerprint density at radius 3 is 2.55 bits per heavy atom. The summed E-state index contributed by atoms with van der Waals surface area (Å²) < 4.78 is 27.4. The van der Waals surface area contributed by atoms with Crippen molar-refractivity contribution in [2.24, 2.45) is 5.41 Å². The van der Waals surface area contributed by atoms with Crippen LogP contribution in [-0.2, 0) is 16.6 Å². The summed E-state index contributed by atoms with van der Waals surface area (Å²) in [6.07, 6.45) is 1.90. The van der Waals surface area contributed by atoms with Crippen molar-refractivity contribution in [2.75, 3.05) is 13.1 Å². The Kier molecular flexibility index (Phi) is 6.64. The van der Waals surface area contributed by atoms with Crippen LogP contribution in [-0.4, -0.2) is 21.5 Å². The van der Waals surface area contributed by atoms with E-state index in [0.717, 1.165) is 31.5 Å². The topological polar surface area (TPSA) is 58.2 Å². The van der Waals surface area contributed by atoms with Gasteiger partial charge in [0.15, 0.2) is 0 Å². The molecule has 0 bridgehead atoms. The lowest BCUT2D eigenvalue weighted by atomic mass is 9.93. The van der Waals surface area contributed by atoms with Crippen LogP contribution in [0.5, 0.6) is 0 Å². The zero-order valence-corrected chi connectivity index (χ0v) is 14.5. The summed E-state index contributed by atoms with van der Waals surface area (Å²) in [4.78, 5) is 0. The maximum absolute atomic E-state index is 12.1. The lowest BCUT2D eigenvalue weighted by Gasteiger charge is -2.17. The highest BCUT2D eigenvalue weighted by Gasteiger charge is 2.18. The van der Waals surface area contributed by atoms with Crippen molar-refractivity contribution in [3.8, 4) is 0 Å². The number of nitrogens with one attached hydrogen (secondary N) is 2. The van der Waals surface area contributed by atoms with Gasteiger partial charge in [-0.2, -0.15) is 0 Å². The van der Waals surface area contributed by atoms with Gasteiger partial charge in [-0.25, -0.2) is 13.1 Å². The molecule has 1 rings (SSSR count). The van der Waals surface area contributed by atoms with Gasteiger partial charge in [0.2, 0.25) is 10.0 Å². The lowest BCUT2D eigenvalue weighted by Crippen LogP contribution is -2.26. The van der Waals surface area contributed by atoms with E-state index in [9.17, 15) is 8.42 Å². The first kappa shape index (κ1) is 17.6. The number of hydrogen-bond acceptors (Lipinski definition) is 4. The van der Waals surface area contributed by atoms with Gasteiger partial charge in [-0.05, 0) is 41.8 Å². The van der Waals surface area contributed by atoms with Gasteiger partial charge in [0.1, 0.15) is 4.21 Å². The summed E-state index contributed by atoms with van der Waals surface area (Å²) in [5.41, 5.74) is 1.16. The Bertz CT molecular complexity index is 501. The summed E-state index contributed by atoms with van der Waals surface area (Å²) in [5, 5.41) is 5.17. The SMILES string of the molecule is CCCNCc1csc(S(=O)(=O)NCCC(C)(C)C)c1. The highest BCUT2D eigenvalue weighted by atomic mass is 32.2. The van der Waals surface area contributed by atoms with Gasteiger partial charge in [0.05, 0.1) is 0 Å². The van der Waals surface area contributed by atoms with E-state index in [1.165, 1.54) is 11.3 Å². The molecular formula is C14H26N2O2S2. The molecule has 0 aliphatic carbocycles. The molecule has 20 heavy (non-hydrogen) atoms. The number of hydrogen-bond donors (Lipinski definition) is 2. The summed E-state index contributed by atoms with van der Waals surface area (Å²) in [5.74, 6) is 0. The molecule has 116 valence electrons. The van der Waals surface area contributed by atoms with Gasteiger partial charge >= 0.3 is 0 Å². The van der Waals surface area contributed by atoms with E-state index < -0.39 is 10.0 Å². The number of sulfonamides is 1. The number of rotatable bonds is 8. The van der Waals surface area contributed by atoms with Crippen LogP contribution >= 0.6 is 11.3 Å². The summed E-state index contributed by atoms with van der Waals surface area (Å²) in [7, 11) is -3.35. The Morgan fingerprint density at radius 2 is 1.95 bits per heavy atom. The predicted molar refractivity (Wildman–Crippen MR) is 85.6 cm³/mol. The van der Waals surface area contributed by atoms with Crippen molar-refractivity contribution >= 4 is 21.4 Å². The third-order valence-corrected chi connectivity index (χ3v) is 5.77. The maximum atomic E-state index is 12.1. The molecule has 0 aromatic carbocycles. The molecule has 1 aromatic rings. The van der Waals surface area contributed by atoms with Crippen molar-refractivity contribution in [3.05, 3.63) is 17.0 Å². The molecule has 0 radical (unpaired) electrons. The minimum Gasteiger partial charge on any atom is -0.313 e. The van der Waals surface area contributed by atoms with Crippen LogP contribution < -0.4 is 10.0 Å². The first-order valence-electron chi connectivity index (χ1n) is 7.02. The molecule has 4 nitrogen and oxygen atoms in total. The van der Waals surface area contributed by atoms with E-state index in [1.807, 2.05) is 5.38 Å². The smallest absolute Gasteiger partial charge is 0.250 e. The van der Waals surface area contributed by atoms with E-state index in [1.54, 1.807) is 6.07 Å². The first-order chi connectivity index (χ1) is 9.24. The van der Waals surface area contributed by atoms with Gasteiger partial charge < -0.3 is 5.32 Å². The molecule has 0 aliphatic rings. The molecule has 0 unspecified atom stereocenters. The zero-order chi connectivity index (χ0) is 15.2. The fourth-order valence-electron chi connectivity index (χ4n) is 1.63. The van der Waals surface area contributed by atoms with Gasteiger partial charge in [-0.15, -0.1) is 11.3 Å². The molecule has 0 fully saturated rings. The van der Waals surface area contributed by atoms with Gasteiger partial charge in [0, 0.05) is 13.1 Å². The van der Waals surface area contributed by atoms with Crippen LogP contribution in [0.1, 0.15) is 46.1 Å². The second-order valence-corrected chi connectivity index (χ2v) is 9.06. The van der Waals surface area contributed by atoms with Crippen molar-refractivity contribution in [2.45, 2.75) is 51.3 Å². The largest absolute Gasteiger partial charge is 0.313 e. The Balaban J connectivity index is 2.55. The summed E-state index contributed by atoms with van der Waals surface area (Å²) in [6, 6.07) is 1.76. The van der Waals surface area contributed by atoms with Crippen LogP contribution in [0.4, 0.5) is 0 Å². The van der Waals surface area contributed by atoms with Crippen molar-refractivity contribution in [1.82, 2.24) is 10.0 Å². The van der Waals surface area contributed by atoms with Gasteiger partial charge in [-0.3, -0.25) is 0 Å². The van der Waals surface area contributed by atoms with E-state index in [4.69, 9.17) is 0 Å². The van der Waals surface area contributed by atoms with E-state index in [0.29, 0.717) is 10.8 Å². The highest BCUT2D eigenvalue weighted by Crippen LogP contribution is 2.21. The molecule has 1 heterocycles. The van der Waals surface area contributed by atoms with Crippen LogP contribution in [0.25, 0.3) is 0 Å². The number of thiophene rings is 1. The Morgan fingerprint density at radius 1 is 1.25 bits per heavy atom. The Hall–Kier alpha value is -0.430. The van der Waals surface area contributed by atoms with E-state index >= 15 is 0 Å². The van der Waals surface area contributed by atoms with Crippen LogP contribution in [0, 0.1) is 5.41 Å². The van der Waals surface area contributed by atoms with E-state index in [2.05, 4.69) is 37.7 Å². The fourth-order valence-corrected chi connectivity index (χ4v) is 3.91. The van der Waals surface area contributed by atoms with Crippen LogP contribution in [0.2, 0.25) is 0 Å². The van der Waals surface area contributed by atoms with Crippen LogP contribution in [0.3, 0.4) is 0 Å². The molecule has 0 spiro atoms. The molecular weight excluding hydrogens is 292 g/mol. The predicted octanol–water partition coefficient (Wildman–Crippen LogP) is 2.96. The standard InChI is InChI=1S/C14H26N2O2S2/c1-5-7-15-10-12-9-13(19-11-12)20(17,18)16-8-6-14(2,3)4/h9,11,15-16H,5-8,10H2,1-4H3. The minimum atomic E-state index is -3.35. The quantitative estimate of drug-likeness (QED) is 0.725. The van der Waals surface area contributed by atoms with Crippen molar-refractivity contribution in [3.63, 3.8) is 0 Å². The second-order valence-electron chi connectivity index (χ2n) is 6.16. The molecule has 6 heteroatoms. The molecule has 0 atom stereocenters. The van der Waals surface area contributed by atoms with Gasteiger partial charge in [-0.1, -0.05) is 27.7 Å². The maximum Gasteiger partial charge on any atom is 0.250 e. The second kappa shape index (κ2) is 7.54. The molecule has 0 saturated heterocycles. The molecule has 2 N–H and O–H groups in total. The molecule has 0 aliphatic heterocycles. The van der Waals surface area contributed by atoms with Crippen molar-refractivity contribution < 1.29 is 8.42 Å². The van der Waals surface area contributed by atoms with Gasteiger partial charge in [0.25, 0.3) is 0 Å². The Labute approximate surface area is 127 Å². The third kappa shape index (κ3) is 6.35. The normalized spacial score (nSPS) is 12.8. The zero-order valence-electron chi connectivity index (χ0n) is 12.8. The average molecular weight is 319 g/mol. The first-order valence-corrected chi connectivity index (χ1v) is 9.39. The highest BCUT2D eigenvalue weighted by molar-refractivity contribution is 7.91. The van der Waals surface area contributed by atoms with E-state index in [-0.39, 0.29) is 5.41 Å². The average Bonchev–Trinajstić information content (AvgIpc) is 2.77. The third-order valence-electron chi connectivity index (χ3n) is 2.82. The molecule has 1 aromatic heterocycles. The lowest BCUT2D eigenvalue weighted by molar-refractivity contribution is 0.378. The monoisotopic (exact) mass is 318 g/mol. The molecule has 0 amide bonds. The fraction of sp³-hybridized carbons (Fsp3) is 0.714. The summed E-state index contributed by atoms with van der Waals surface area (Å²) >= 11 is 1.28.